The number of hydrogen-bond donors (Lipinski definition) is 3. The Morgan fingerprint density at radius 3 is 2.70 bits per heavy atom. The van der Waals surface area contributed by atoms with Crippen LogP contribution >= 0.6 is 0 Å². The normalized spacial score (nSPS) is 57.8. The van der Waals surface area contributed by atoms with Crippen molar-refractivity contribution >= 4 is 17.5 Å². The molecule has 27 heavy (non-hydrogen) atoms. The number of fused-ring (bicyclic) bond motifs is 5. The van der Waals surface area contributed by atoms with Crippen LogP contribution in [0.5, 0.6) is 0 Å². The molecule has 0 bridgehead atoms. The topological polar surface area (TPSA) is 112 Å². The van der Waals surface area contributed by atoms with Crippen LogP contribution in [0.25, 0.3) is 0 Å². The van der Waals surface area contributed by atoms with E-state index >= 15 is 0 Å². The minimum atomic E-state index is -3.13. The first-order valence-corrected chi connectivity index (χ1v) is 9.21. The van der Waals surface area contributed by atoms with Crippen LogP contribution in [0.15, 0.2) is 23.8 Å². The molecule has 0 aromatic carbocycles. The van der Waals surface area contributed by atoms with Crippen molar-refractivity contribution in [1.29, 1.82) is 0 Å². The summed E-state index contributed by atoms with van der Waals surface area (Å²) < 4.78 is 35.9. The Balaban J connectivity index is 1.98. The van der Waals surface area contributed by atoms with Gasteiger partial charge in [0.05, 0.1) is 7.45 Å². The molecule has 6 nitrogen and oxygen atoms in total. The number of allylic oxidation sites excluding steroid dienone is 4. The second-order valence-electron chi connectivity index (χ2n) is 8.48. The van der Waals surface area contributed by atoms with Crippen molar-refractivity contribution in [1.82, 2.24) is 0 Å². The number of carboxylic acids is 1. The standard InChI is InChI=1S/C21H26O6/c1-19-7-5-12(22)9-11(19)3-4-13-14-6-8-21(27,17(24)18(25)26)20(14,2)10-15(23)16(13)19/h5,7,9,13-16,23,27H,3-4,6,8,10H2,1-2H3,(H,25,26)/t13?,14-,15-,16+,19-,20-,21-/m0/s1/i10D2,15D,16D. The summed E-state index contributed by atoms with van der Waals surface area (Å²) >= 11 is 0. The van der Waals surface area contributed by atoms with Gasteiger partial charge in [0.1, 0.15) is 5.60 Å². The van der Waals surface area contributed by atoms with E-state index in [1.165, 1.54) is 25.2 Å². The van der Waals surface area contributed by atoms with Crippen LogP contribution in [0.4, 0.5) is 0 Å². The SMILES string of the molecule is [2H]C1([2H])[C@]([2H])(O)[C@@]2([2H])C(CCC3=CC(=O)C=C[C@@]32C)[C@@H]2CC[C@](O)(C(=O)C(=O)O)[C@]21C. The number of carboxylic acid groups (broad SMARTS) is 1. The molecule has 0 spiro atoms. The van der Waals surface area contributed by atoms with Crippen LogP contribution in [0.3, 0.4) is 0 Å². The Morgan fingerprint density at radius 2 is 2.04 bits per heavy atom. The first kappa shape index (κ1) is 14.2. The van der Waals surface area contributed by atoms with E-state index in [9.17, 15) is 31.1 Å². The van der Waals surface area contributed by atoms with E-state index in [0.29, 0.717) is 12.0 Å². The zero-order valence-electron chi connectivity index (χ0n) is 19.3. The first-order valence-electron chi connectivity index (χ1n) is 11.2. The molecule has 0 aliphatic heterocycles. The predicted molar refractivity (Wildman–Crippen MR) is 95.6 cm³/mol. The van der Waals surface area contributed by atoms with Crippen molar-refractivity contribution < 1.29 is 35.2 Å². The van der Waals surface area contributed by atoms with Gasteiger partial charge in [-0.15, -0.1) is 0 Å². The summed E-state index contributed by atoms with van der Waals surface area (Å²) in [6, 6.07) is 0. The fourth-order valence-electron chi connectivity index (χ4n) is 5.84. The average molecular weight is 378 g/mol. The van der Waals surface area contributed by atoms with Crippen molar-refractivity contribution in [2.24, 2.45) is 28.6 Å². The molecule has 6 heteroatoms. The monoisotopic (exact) mass is 378 g/mol. The van der Waals surface area contributed by atoms with Gasteiger partial charge in [-0.25, -0.2) is 4.79 Å². The van der Waals surface area contributed by atoms with Gasteiger partial charge in [-0.3, -0.25) is 9.59 Å². The molecule has 0 saturated heterocycles. The molecule has 4 aliphatic rings. The summed E-state index contributed by atoms with van der Waals surface area (Å²) in [5.41, 5.74) is -5.52. The minimum Gasteiger partial charge on any atom is -0.475 e. The first-order chi connectivity index (χ1) is 14.0. The molecule has 7 atom stereocenters. The summed E-state index contributed by atoms with van der Waals surface area (Å²) in [5, 5.41) is 32.0. The molecule has 0 aromatic rings. The molecular weight excluding hydrogens is 348 g/mol. The number of aliphatic carboxylic acids is 1. The highest BCUT2D eigenvalue weighted by Gasteiger charge is 2.69. The van der Waals surface area contributed by atoms with Gasteiger partial charge in [-0.1, -0.05) is 25.5 Å². The lowest BCUT2D eigenvalue weighted by Gasteiger charge is -2.59. The van der Waals surface area contributed by atoms with Crippen molar-refractivity contribution in [3.63, 3.8) is 0 Å². The van der Waals surface area contributed by atoms with Crippen LogP contribution in [0.1, 0.15) is 51.4 Å². The van der Waals surface area contributed by atoms with E-state index in [4.69, 9.17) is 4.11 Å². The van der Waals surface area contributed by atoms with Crippen molar-refractivity contribution in [3.05, 3.63) is 23.8 Å². The third-order valence-corrected chi connectivity index (χ3v) is 7.33. The van der Waals surface area contributed by atoms with E-state index in [1.807, 2.05) is 0 Å². The van der Waals surface area contributed by atoms with Crippen molar-refractivity contribution in [3.8, 4) is 0 Å². The Labute approximate surface area is 163 Å². The highest BCUT2D eigenvalue weighted by atomic mass is 16.4. The Morgan fingerprint density at radius 1 is 1.33 bits per heavy atom. The van der Waals surface area contributed by atoms with Gasteiger partial charge in [-0.2, -0.15) is 0 Å². The van der Waals surface area contributed by atoms with Gasteiger partial charge in [0.25, 0.3) is 5.78 Å². The summed E-state index contributed by atoms with van der Waals surface area (Å²) in [6.45, 7) is 2.82. The van der Waals surface area contributed by atoms with Gasteiger partial charge in [-0.05, 0) is 56.0 Å². The molecule has 4 rings (SSSR count). The van der Waals surface area contributed by atoms with Gasteiger partial charge in [0, 0.05) is 20.8 Å². The number of ketones is 2. The second-order valence-corrected chi connectivity index (χ2v) is 8.48. The van der Waals surface area contributed by atoms with Crippen molar-refractivity contribution in [2.45, 2.75) is 57.6 Å². The van der Waals surface area contributed by atoms with Gasteiger partial charge in [0.2, 0.25) is 0 Å². The maximum absolute atomic E-state index is 12.5. The molecule has 0 radical (unpaired) electrons. The summed E-state index contributed by atoms with van der Waals surface area (Å²) in [5.74, 6) is -7.56. The summed E-state index contributed by atoms with van der Waals surface area (Å²) in [7, 11) is 0. The molecule has 0 aromatic heterocycles. The molecule has 0 heterocycles. The maximum atomic E-state index is 12.5. The number of aliphatic hydroxyl groups is 2. The van der Waals surface area contributed by atoms with Crippen LogP contribution < -0.4 is 0 Å². The van der Waals surface area contributed by atoms with Gasteiger partial charge < -0.3 is 15.3 Å². The lowest BCUT2D eigenvalue weighted by molar-refractivity contribution is -0.183. The molecule has 0 amide bonds. The molecule has 3 N–H and O–H groups in total. The lowest BCUT2D eigenvalue weighted by atomic mass is 9.46. The number of carbonyl (C=O) groups excluding carboxylic acids is 2. The zero-order chi connectivity index (χ0) is 23.4. The van der Waals surface area contributed by atoms with E-state index in [2.05, 4.69) is 0 Å². The third-order valence-electron chi connectivity index (χ3n) is 7.33. The Kier molecular flexibility index (Phi) is 2.96. The Hall–Kier alpha value is -1.79. The van der Waals surface area contributed by atoms with Crippen molar-refractivity contribution in [2.75, 3.05) is 0 Å². The number of Topliss-reactive ketones (excluding diaryl/α,β-unsaturated/α-hetero) is 1. The number of hydrogen-bond acceptors (Lipinski definition) is 5. The second kappa shape index (κ2) is 5.61. The maximum Gasteiger partial charge on any atom is 0.375 e. The van der Waals surface area contributed by atoms with E-state index in [1.54, 1.807) is 6.92 Å². The van der Waals surface area contributed by atoms with Crippen LogP contribution in [-0.4, -0.2) is 44.5 Å². The minimum absolute atomic E-state index is 0.0741. The lowest BCUT2D eigenvalue weighted by Crippen LogP contribution is -2.62. The quantitative estimate of drug-likeness (QED) is 0.630. The summed E-state index contributed by atoms with van der Waals surface area (Å²) in [4.78, 5) is 35.9. The zero-order valence-corrected chi connectivity index (χ0v) is 15.3. The van der Waals surface area contributed by atoms with Crippen LogP contribution in [-0.2, 0) is 14.4 Å². The number of carbonyl (C=O) groups is 3. The van der Waals surface area contributed by atoms with Gasteiger partial charge >= 0.3 is 5.97 Å². The molecule has 3 fully saturated rings. The predicted octanol–water partition coefficient (Wildman–Crippen LogP) is 1.65. The van der Waals surface area contributed by atoms with Gasteiger partial charge in [0.15, 0.2) is 5.78 Å². The average Bonchev–Trinajstić information content (AvgIpc) is 2.96. The fourth-order valence-corrected chi connectivity index (χ4v) is 5.84. The van der Waals surface area contributed by atoms with Crippen LogP contribution in [0.2, 0.25) is 0 Å². The smallest absolute Gasteiger partial charge is 0.375 e. The van der Waals surface area contributed by atoms with E-state index in [0.717, 1.165) is 0 Å². The molecule has 4 aliphatic carbocycles. The highest BCUT2D eigenvalue weighted by molar-refractivity contribution is 6.36. The Bertz CT molecular complexity index is 973. The molecular formula is C21H26O6. The molecule has 146 valence electrons. The molecule has 1 unspecified atom stereocenters. The third kappa shape index (κ3) is 2.23. The largest absolute Gasteiger partial charge is 0.475 e. The highest BCUT2D eigenvalue weighted by Crippen LogP contribution is 2.67. The number of rotatable bonds is 2. The van der Waals surface area contributed by atoms with E-state index in [-0.39, 0.29) is 25.0 Å². The van der Waals surface area contributed by atoms with Crippen LogP contribution in [0, 0.1) is 28.6 Å². The molecule has 3 saturated carbocycles. The van der Waals surface area contributed by atoms with E-state index < -0.39 is 58.4 Å². The fraction of sp³-hybridized carbons (Fsp3) is 0.667. The summed E-state index contributed by atoms with van der Waals surface area (Å²) in [6.07, 6.45) is -1.75.